The molecule has 2 aromatic heterocycles. The number of carbonyl (C=O) groups excluding carboxylic acids is 1. The minimum atomic E-state index is -0.150. The summed E-state index contributed by atoms with van der Waals surface area (Å²) in [7, 11) is 0. The van der Waals surface area contributed by atoms with Gasteiger partial charge in [0.05, 0.1) is 18.3 Å². The van der Waals surface area contributed by atoms with Crippen LogP contribution in [0.5, 0.6) is 0 Å². The lowest BCUT2D eigenvalue weighted by atomic mass is 10.1. The predicted molar refractivity (Wildman–Crippen MR) is 91.7 cm³/mol. The van der Waals surface area contributed by atoms with Crippen LogP contribution in [0.4, 0.5) is 0 Å². The van der Waals surface area contributed by atoms with Gasteiger partial charge in [-0.2, -0.15) is 0 Å². The average molecular weight is 345 g/mol. The molecule has 0 saturated heterocycles. The van der Waals surface area contributed by atoms with Crippen molar-refractivity contribution in [3.05, 3.63) is 62.0 Å². The van der Waals surface area contributed by atoms with Gasteiger partial charge in [-0.1, -0.05) is 23.7 Å². The van der Waals surface area contributed by atoms with Crippen LogP contribution in [0.15, 0.2) is 35.4 Å². The largest absolute Gasteiger partial charge is 0.292 e. The van der Waals surface area contributed by atoms with E-state index in [9.17, 15) is 9.59 Å². The number of hydrogen-bond acceptors (Lipinski definition) is 4. The van der Waals surface area contributed by atoms with E-state index in [0.29, 0.717) is 16.0 Å². The normalized spacial score (nSPS) is 13.4. The fourth-order valence-electron chi connectivity index (χ4n) is 3.04. The molecule has 0 atom stereocenters. The Bertz CT molecular complexity index is 990. The summed E-state index contributed by atoms with van der Waals surface area (Å²) in [5.41, 5.74) is 1.51. The highest BCUT2D eigenvalue weighted by Gasteiger charge is 2.21. The van der Waals surface area contributed by atoms with E-state index in [4.69, 9.17) is 11.6 Å². The molecule has 0 aliphatic heterocycles. The molecule has 3 aromatic rings. The lowest BCUT2D eigenvalue weighted by Crippen LogP contribution is -2.24. The van der Waals surface area contributed by atoms with Gasteiger partial charge in [-0.05, 0) is 37.0 Å². The van der Waals surface area contributed by atoms with Crippen molar-refractivity contribution in [1.82, 2.24) is 9.55 Å². The lowest BCUT2D eigenvalue weighted by Gasteiger charge is -2.05. The maximum atomic E-state index is 12.7. The average Bonchev–Trinajstić information content (AvgIpc) is 3.10. The van der Waals surface area contributed by atoms with Gasteiger partial charge in [0.1, 0.15) is 4.83 Å². The molecule has 0 spiro atoms. The van der Waals surface area contributed by atoms with Crippen molar-refractivity contribution in [3.8, 4) is 0 Å². The Balaban J connectivity index is 1.74. The quantitative estimate of drug-likeness (QED) is 0.683. The molecule has 116 valence electrons. The number of hydrogen-bond donors (Lipinski definition) is 0. The maximum absolute atomic E-state index is 12.7. The number of carbonyl (C=O) groups is 1. The van der Waals surface area contributed by atoms with E-state index in [1.165, 1.54) is 15.8 Å². The van der Waals surface area contributed by atoms with Crippen molar-refractivity contribution in [1.29, 1.82) is 0 Å². The molecule has 0 amide bonds. The topological polar surface area (TPSA) is 52.0 Å². The molecule has 0 bridgehead atoms. The summed E-state index contributed by atoms with van der Waals surface area (Å²) in [6.07, 6.45) is 4.52. The van der Waals surface area contributed by atoms with Crippen molar-refractivity contribution in [2.75, 3.05) is 0 Å². The van der Waals surface area contributed by atoms with Gasteiger partial charge in [-0.15, -0.1) is 11.3 Å². The Morgan fingerprint density at radius 2 is 2.22 bits per heavy atom. The number of aromatic nitrogens is 2. The Morgan fingerprint density at radius 1 is 1.35 bits per heavy atom. The van der Waals surface area contributed by atoms with Gasteiger partial charge in [-0.25, -0.2) is 4.98 Å². The number of fused-ring (bicyclic) bond motifs is 3. The molecule has 1 aromatic carbocycles. The SMILES string of the molecule is O=C(Cn1cnc2sc3c(c2c1=O)CCC3)c1cccc(Cl)c1. The number of rotatable bonds is 3. The summed E-state index contributed by atoms with van der Waals surface area (Å²) in [5.74, 6) is -0.150. The smallest absolute Gasteiger partial charge is 0.262 e. The molecule has 0 unspecified atom stereocenters. The number of Topliss-reactive ketones (excluding diaryl/α,β-unsaturated/α-hetero) is 1. The van der Waals surface area contributed by atoms with Gasteiger partial charge < -0.3 is 0 Å². The zero-order valence-corrected chi connectivity index (χ0v) is 13.8. The molecule has 23 heavy (non-hydrogen) atoms. The van der Waals surface area contributed by atoms with Crippen LogP contribution < -0.4 is 5.56 Å². The third-order valence-corrected chi connectivity index (χ3v) is 5.59. The maximum Gasteiger partial charge on any atom is 0.262 e. The summed E-state index contributed by atoms with van der Waals surface area (Å²) >= 11 is 7.52. The van der Waals surface area contributed by atoms with Gasteiger partial charge >= 0.3 is 0 Å². The highest BCUT2D eigenvalue weighted by Crippen LogP contribution is 2.34. The first kappa shape index (κ1) is 14.6. The van der Waals surface area contributed by atoms with Crippen LogP contribution in [0.3, 0.4) is 0 Å². The van der Waals surface area contributed by atoms with Crippen LogP contribution in [0.2, 0.25) is 5.02 Å². The minimum absolute atomic E-state index is 0.0211. The molecule has 4 nitrogen and oxygen atoms in total. The van der Waals surface area contributed by atoms with Gasteiger partial charge in [0.2, 0.25) is 0 Å². The van der Waals surface area contributed by atoms with E-state index in [-0.39, 0.29) is 17.9 Å². The molecule has 4 rings (SSSR count). The second kappa shape index (κ2) is 5.58. The summed E-state index contributed by atoms with van der Waals surface area (Å²) in [6, 6.07) is 6.76. The summed E-state index contributed by atoms with van der Waals surface area (Å²) in [4.78, 5) is 31.5. The number of thiophene rings is 1. The van der Waals surface area contributed by atoms with Gasteiger partial charge in [0.15, 0.2) is 5.78 Å². The first-order valence-electron chi connectivity index (χ1n) is 7.42. The fourth-order valence-corrected chi connectivity index (χ4v) is 4.45. The number of ketones is 1. The van der Waals surface area contributed by atoms with Crippen LogP contribution in [-0.4, -0.2) is 15.3 Å². The monoisotopic (exact) mass is 344 g/mol. The predicted octanol–water partition coefficient (Wildman–Crippen LogP) is 3.48. The molecule has 0 N–H and O–H groups in total. The minimum Gasteiger partial charge on any atom is -0.292 e. The summed E-state index contributed by atoms with van der Waals surface area (Å²) in [6.45, 7) is -0.0211. The van der Waals surface area contributed by atoms with Crippen LogP contribution in [0.25, 0.3) is 10.2 Å². The molecular formula is C17H13ClN2O2S. The summed E-state index contributed by atoms with van der Waals surface area (Å²) < 4.78 is 1.40. The van der Waals surface area contributed by atoms with Crippen LogP contribution in [-0.2, 0) is 19.4 Å². The Labute approximate surface area is 141 Å². The van der Waals surface area contributed by atoms with Crippen LogP contribution in [0, 0.1) is 0 Å². The van der Waals surface area contributed by atoms with E-state index in [1.807, 2.05) is 0 Å². The van der Waals surface area contributed by atoms with Crippen molar-refractivity contribution >= 4 is 38.9 Å². The number of aryl methyl sites for hydroxylation is 2. The molecule has 0 saturated carbocycles. The zero-order chi connectivity index (χ0) is 16.0. The van der Waals surface area contributed by atoms with E-state index >= 15 is 0 Å². The second-order valence-electron chi connectivity index (χ2n) is 5.65. The first-order chi connectivity index (χ1) is 11.1. The van der Waals surface area contributed by atoms with Gasteiger partial charge in [0, 0.05) is 15.5 Å². The lowest BCUT2D eigenvalue weighted by molar-refractivity contribution is 0.0970. The highest BCUT2D eigenvalue weighted by atomic mass is 35.5. The van der Waals surface area contributed by atoms with Gasteiger partial charge in [0.25, 0.3) is 5.56 Å². The molecule has 1 aliphatic rings. The first-order valence-corrected chi connectivity index (χ1v) is 8.61. The molecule has 2 heterocycles. The number of nitrogens with zero attached hydrogens (tertiary/aromatic N) is 2. The number of halogens is 1. The van der Waals surface area contributed by atoms with Gasteiger partial charge in [-0.3, -0.25) is 14.2 Å². The summed E-state index contributed by atoms with van der Waals surface area (Å²) in [5, 5.41) is 1.20. The Kier molecular flexibility index (Phi) is 3.54. The van der Waals surface area contributed by atoms with Crippen molar-refractivity contribution in [2.45, 2.75) is 25.8 Å². The third kappa shape index (κ3) is 2.50. The second-order valence-corrected chi connectivity index (χ2v) is 7.17. The van der Waals surface area contributed by atoms with E-state index in [1.54, 1.807) is 35.6 Å². The molecule has 1 aliphatic carbocycles. The van der Waals surface area contributed by atoms with Crippen LogP contribution in [0.1, 0.15) is 27.2 Å². The molecule has 0 fully saturated rings. The van der Waals surface area contributed by atoms with Crippen molar-refractivity contribution in [2.24, 2.45) is 0 Å². The van der Waals surface area contributed by atoms with E-state index < -0.39 is 0 Å². The fraction of sp³-hybridized carbons (Fsp3) is 0.235. The third-order valence-electron chi connectivity index (χ3n) is 4.15. The molecule has 0 radical (unpaired) electrons. The Morgan fingerprint density at radius 3 is 3.04 bits per heavy atom. The van der Waals surface area contributed by atoms with E-state index in [2.05, 4.69) is 4.98 Å². The number of benzene rings is 1. The molecular weight excluding hydrogens is 332 g/mol. The van der Waals surface area contributed by atoms with Crippen LogP contribution >= 0.6 is 22.9 Å². The molecule has 6 heteroatoms. The highest BCUT2D eigenvalue weighted by molar-refractivity contribution is 7.18. The van der Waals surface area contributed by atoms with Crippen molar-refractivity contribution < 1.29 is 4.79 Å². The van der Waals surface area contributed by atoms with E-state index in [0.717, 1.165) is 29.7 Å². The van der Waals surface area contributed by atoms with Crippen molar-refractivity contribution in [3.63, 3.8) is 0 Å². The zero-order valence-electron chi connectivity index (χ0n) is 12.2. The Hall–Kier alpha value is -1.98. The standard InChI is InChI=1S/C17H13ClN2O2S/c18-11-4-1-3-10(7-11)13(21)8-20-9-19-16-15(17(20)22)12-5-2-6-14(12)23-16/h1,3-4,7,9H,2,5-6,8H2.